The highest BCUT2D eigenvalue weighted by Crippen LogP contribution is 2.36. The minimum atomic E-state index is 0.558. The monoisotopic (exact) mass is 166 g/mol. The number of hydrogen-bond acceptors (Lipinski definition) is 3. The second kappa shape index (κ2) is 2.81. The van der Waals surface area contributed by atoms with Crippen LogP contribution >= 0.6 is 0 Å². The fraction of sp³-hybridized carbons (Fsp3) is 0.667. The van der Waals surface area contributed by atoms with E-state index < -0.39 is 0 Å². The predicted octanol–water partition coefficient (Wildman–Crippen LogP) is 2.22. The van der Waals surface area contributed by atoms with Crippen LogP contribution < -0.4 is 5.73 Å². The third-order valence-corrected chi connectivity index (χ3v) is 2.68. The molecule has 1 fully saturated rings. The van der Waals surface area contributed by atoms with Crippen molar-refractivity contribution in [3.8, 4) is 0 Å². The Kier molecular flexibility index (Phi) is 1.79. The van der Waals surface area contributed by atoms with Crippen LogP contribution in [0.4, 0.5) is 5.69 Å². The van der Waals surface area contributed by atoms with Gasteiger partial charge >= 0.3 is 0 Å². The van der Waals surface area contributed by atoms with Crippen molar-refractivity contribution < 1.29 is 4.52 Å². The maximum absolute atomic E-state index is 5.83. The third-order valence-electron chi connectivity index (χ3n) is 2.68. The zero-order valence-corrected chi connectivity index (χ0v) is 7.34. The van der Waals surface area contributed by atoms with Gasteiger partial charge in [0.1, 0.15) is 5.69 Å². The molecule has 1 aromatic rings. The fourth-order valence-electron chi connectivity index (χ4n) is 1.89. The van der Waals surface area contributed by atoms with E-state index >= 15 is 0 Å². The lowest BCUT2D eigenvalue weighted by Gasteiger charge is -2.03. The van der Waals surface area contributed by atoms with Crippen molar-refractivity contribution in [3.63, 3.8) is 0 Å². The predicted molar refractivity (Wildman–Crippen MR) is 46.9 cm³/mol. The van der Waals surface area contributed by atoms with Crippen molar-refractivity contribution in [1.82, 2.24) is 5.16 Å². The van der Waals surface area contributed by atoms with Crippen LogP contribution in [0, 0.1) is 6.92 Å². The summed E-state index contributed by atoms with van der Waals surface area (Å²) in [5.74, 6) is 1.32. The summed E-state index contributed by atoms with van der Waals surface area (Å²) in [6, 6.07) is 0. The molecule has 0 spiro atoms. The largest absolute Gasteiger partial charge is 0.394 e. The molecule has 1 heterocycles. The van der Waals surface area contributed by atoms with Gasteiger partial charge in [0, 0.05) is 5.92 Å². The molecule has 0 saturated heterocycles. The number of anilines is 1. The number of nitrogen functional groups attached to an aromatic ring is 1. The molecule has 1 saturated carbocycles. The number of hydrogen-bond donors (Lipinski definition) is 1. The van der Waals surface area contributed by atoms with Crippen molar-refractivity contribution in [2.24, 2.45) is 0 Å². The Morgan fingerprint density at radius 2 is 2.08 bits per heavy atom. The summed E-state index contributed by atoms with van der Waals surface area (Å²) in [6.45, 7) is 1.86. The highest BCUT2D eigenvalue weighted by molar-refractivity contribution is 5.47. The van der Waals surface area contributed by atoms with Crippen LogP contribution in [-0.4, -0.2) is 5.16 Å². The van der Waals surface area contributed by atoms with Gasteiger partial charge < -0.3 is 10.3 Å². The van der Waals surface area contributed by atoms with Crippen LogP contribution in [0.3, 0.4) is 0 Å². The molecule has 0 aliphatic heterocycles. The number of nitrogens with two attached hydrogens (primary N) is 1. The summed E-state index contributed by atoms with van der Waals surface area (Å²) in [4.78, 5) is 0. The average molecular weight is 166 g/mol. The molecule has 0 unspecified atom stereocenters. The van der Waals surface area contributed by atoms with E-state index in [9.17, 15) is 0 Å². The molecule has 3 nitrogen and oxygen atoms in total. The Morgan fingerprint density at radius 1 is 1.42 bits per heavy atom. The van der Waals surface area contributed by atoms with Crippen LogP contribution in [-0.2, 0) is 0 Å². The first-order valence-corrected chi connectivity index (χ1v) is 4.50. The Hall–Kier alpha value is -0.990. The molecule has 0 bridgehead atoms. The lowest BCUT2D eigenvalue weighted by molar-refractivity contribution is 0.385. The van der Waals surface area contributed by atoms with E-state index in [0.717, 1.165) is 17.1 Å². The van der Waals surface area contributed by atoms with Crippen LogP contribution in [0.15, 0.2) is 4.52 Å². The molecule has 2 N–H and O–H groups in total. The van der Waals surface area contributed by atoms with Gasteiger partial charge in [0.05, 0.1) is 5.69 Å². The molecule has 1 aliphatic carbocycles. The first kappa shape index (κ1) is 7.65. The van der Waals surface area contributed by atoms with Gasteiger partial charge in [-0.1, -0.05) is 18.0 Å². The van der Waals surface area contributed by atoms with E-state index in [2.05, 4.69) is 5.16 Å². The second-order valence-electron chi connectivity index (χ2n) is 3.52. The van der Waals surface area contributed by atoms with Gasteiger partial charge in [0.25, 0.3) is 0 Å². The van der Waals surface area contributed by atoms with Gasteiger partial charge in [-0.2, -0.15) is 0 Å². The van der Waals surface area contributed by atoms with Crippen molar-refractivity contribution >= 4 is 5.69 Å². The smallest absolute Gasteiger partial charge is 0.156 e. The maximum Gasteiger partial charge on any atom is 0.156 e. The average Bonchev–Trinajstić information content (AvgIpc) is 2.64. The lowest BCUT2D eigenvalue weighted by atomic mass is 10.0. The first-order valence-electron chi connectivity index (χ1n) is 4.50. The van der Waals surface area contributed by atoms with Crippen molar-refractivity contribution in [1.29, 1.82) is 0 Å². The van der Waals surface area contributed by atoms with E-state index in [1.807, 2.05) is 6.92 Å². The summed E-state index contributed by atoms with van der Waals surface area (Å²) >= 11 is 0. The van der Waals surface area contributed by atoms with Crippen LogP contribution in [0.5, 0.6) is 0 Å². The molecule has 0 amide bonds. The summed E-state index contributed by atoms with van der Waals surface area (Å²) < 4.78 is 5.03. The Balaban J connectivity index is 2.26. The first-order chi connectivity index (χ1) is 5.79. The molecular formula is C9H14N2O. The molecule has 0 aromatic carbocycles. The molecule has 1 aliphatic rings. The van der Waals surface area contributed by atoms with Gasteiger partial charge in [-0.3, -0.25) is 0 Å². The van der Waals surface area contributed by atoms with Crippen LogP contribution in [0.2, 0.25) is 0 Å². The Morgan fingerprint density at radius 3 is 2.58 bits per heavy atom. The van der Waals surface area contributed by atoms with Gasteiger partial charge in [0.15, 0.2) is 5.76 Å². The number of rotatable bonds is 1. The highest BCUT2D eigenvalue weighted by Gasteiger charge is 2.23. The molecule has 0 radical (unpaired) electrons. The van der Waals surface area contributed by atoms with Gasteiger partial charge in [0.2, 0.25) is 0 Å². The third kappa shape index (κ3) is 1.09. The molecule has 66 valence electrons. The fourth-order valence-corrected chi connectivity index (χ4v) is 1.89. The summed E-state index contributed by atoms with van der Waals surface area (Å²) in [7, 11) is 0. The Labute approximate surface area is 71.9 Å². The van der Waals surface area contributed by atoms with Crippen LogP contribution in [0.25, 0.3) is 0 Å². The van der Waals surface area contributed by atoms with Crippen molar-refractivity contribution in [2.75, 3.05) is 5.73 Å². The maximum atomic E-state index is 5.83. The summed E-state index contributed by atoms with van der Waals surface area (Å²) in [5, 5.41) is 4.00. The van der Waals surface area contributed by atoms with E-state index in [0.29, 0.717) is 5.92 Å². The number of aromatic nitrogens is 1. The minimum absolute atomic E-state index is 0.558. The highest BCUT2D eigenvalue weighted by atomic mass is 16.5. The topological polar surface area (TPSA) is 52.0 Å². The molecule has 3 heteroatoms. The zero-order chi connectivity index (χ0) is 8.55. The van der Waals surface area contributed by atoms with E-state index in [1.54, 1.807) is 0 Å². The van der Waals surface area contributed by atoms with Crippen LogP contribution in [0.1, 0.15) is 43.1 Å². The van der Waals surface area contributed by atoms with E-state index in [-0.39, 0.29) is 0 Å². The van der Waals surface area contributed by atoms with Gasteiger partial charge in [-0.25, -0.2) is 0 Å². The number of aryl methyl sites for hydroxylation is 1. The van der Waals surface area contributed by atoms with Gasteiger partial charge in [-0.05, 0) is 19.8 Å². The number of nitrogens with zero attached hydrogens (tertiary/aromatic N) is 1. The summed E-state index contributed by atoms with van der Waals surface area (Å²) in [5.41, 5.74) is 7.58. The SMILES string of the molecule is Cc1onc(C2CCCC2)c1N. The molecule has 0 atom stereocenters. The molecule has 1 aromatic heterocycles. The quantitative estimate of drug-likeness (QED) is 0.696. The van der Waals surface area contributed by atoms with E-state index in [1.165, 1.54) is 25.7 Å². The van der Waals surface area contributed by atoms with Crippen molar-refractivity contribution in [2.45, 2.75) is 38.5 Å². The molecule has 12 heavy (non-hydrogen) atoms. The van der Waals surface area contributed by atoms with E-state index in [4.69, 9.17) is 10.3 Å². The standard InChI is InChI=1S/C9H14N2O/c1-6-8(10)9(11-12-6)7-4-2-3-5-7/h7H,2-5,10H2,1H3. The zero-order valence-electron chi connectivity index (χ0n) is 7.34. The molecule has 2 rings (SSSR count). The second-order valence-corrected chi connectivity index (χ2v) is 3.52. The van der Waals surface area contributed by atoms with Crippen molar-refractivity contribution in [3.05, 3.63) is 11.5 Å². The van der Waals surface area contributed by atoms with Gasteiger partial charge in [-0.15, -0.1) is 0 Å². The summed E-state index contributed by atoms with van der Waals surface area (Å²) in [6.07, 6.45) is 5.04. The normalized spacial score (nSPS) is 18.8. The molecular weight excluding hydrogens is 152 g/mol. The Bertz CT molecular complexity index is 274. The minimum Gasteiger partial charge on any atom is -0.394 e. The lowest BCUT2D eigenvalue weighted by Crippen LogP contribution is -1.97.